The zero-order valence-corrected chi connectivity index (χ0v) is 24.7. The molecule has 0 bridgehead atoms. The topological polar surface area (TPSA) is 148 Å². The standard InChI is InChI=1S/C30H29F5N6O6/c1-29(31,32)19-7-18(8-20(9-19)30(33,34)35)15-47-28(46)40-13-22(38-27(44)45)25(42)41-23(10-21-11-36-16-37-21)26(43)39(14-24(40)41)12-17-5-3-2-4-6-17/h2-9,11,16,22-24,38H,10,12-15H2,1H3,(H,36,37)(H,44,45)/t22?,23-,24?/m0/s1. The van der Waals surface area contributed by atoms with Crippen LogP contribution in [0.5, 0.6) is 0 Å². The first-order valence-electron chi connectivity index (χ1n) is 14.3. The summed E-state index contributed by atoms with van der Waals surface area (Å²) in [5.41, 5.74) is -1.48. The first-order chi connectivity index (χ1) is 22.1. The SMILES string of the molecule is CC(F)(F)c1cc(COC(=O)N2CC(NC(=O)O)C(=O)N3C2CN(Cc2ccccc2)C(=O)[C@@H]3Cc2cnc[nH]2)cc(C(F)(F)F)c1. The second-order valence-electron chi connectivity index (χ2n) is 11.2. The fourth-order valence-corrected chi connectivity index (χ4v) is 5.65. The van der Waals surface area contributed by atoms with E-state index in [0.717, 1.165) is 21.4 Å². The van der Waals surface area contributed by atoms with E-state index in [-0.39, 0.29) is 25.1 Å². The fraction of sp³-hybridized carbons (Fsp3) is 0.367. The molecule has 0 radical (unpaired) electrons. The Morgan fingerprint density at radius 2 is 1.72 bits per heavy atom. The van der Waals surface area contributed by atoms with Crippen LogP contribution in [0.1, 0.15) is 34.9 Å². The van der Waals surface area contributed by atoms with Gasteiger partial charge in [0.2, 0.25) is 11.8 Å². The molecule has 2 unspecified atom stereocenters. The van der Waals surface area contributed by atoms with Gasteiger partial charge in [0, 0.05) is 37.3 Å². The van der Waals surface area contributed by atoms with E-state index in [4.69, 9.17) is 4.74 Å². The minimum absolute atomic E-state index is 0.0761. The summed E-state index contributed by atoms with van der Waals surface area (Å²) in [4.78, 5) is 63.1. The summed E-state index contributed by atoms with van der Waals surface area (Å²) in [5, 5.41) is 11.5. The third-order valence-electron chi connectivity index (χ3n) is 7.83. The first-order valence-corrected chi connectivity index (χ1v) is 14.3. The Bertz CT molecular complexity index is 1600. The van der Waals surface area contributed by atoms with Gasteiger partial charge in [-0.1, -0.05) is 30.3 Å². The van der Waals surface area contributed by atoms with Crippen LogP contribution >= 0.6 is 0 Å². The molecule has 3 atom stereocenters. The number of amides is 4. The molecular formula is C30H29F5N6O6. The normalized spacial score (nSPS) is 20.2. The average molecular weight is 665 g/mol. The minimum Gasteiger partial charge on any atom is -0.465 e. The third-order valence-corrected chi connectivity index (χ3v) is 7.83. The number of aromatic amines is 1. The molecule has 3 N–H and O–H groups in total. The van der Waals surface area contributed by atoms with E-state index >= 15 is 0 Å². The number of benzene rings is 2. The van der Waals surface area contributed by atoms with Crippen molar-refractivity contribution in [3.63, 3.8) is 0 Å². The number of aromatic nitrogens is 2. The summed E-state index contributed by atoms with van der Waals surface area (Å²) in [6, 6.07) is 7.77. The Hall–Kier alpha value is -5.22. The van der Waals surface area contributed by atoms with Crippen molar-refractivity contribution in [3.05, 3.63) is 89.0 Å². The quantitative estimate of drug-likeness (QED) is 0.309. The van der Waals surface area contributed by atoms with Crippen molar-refractivity contribution in [2.75, 3.05) is 13.1 Å². The minimum atomic E-state index is -4.97. The number of imidazole rings is 1. The molecule has 2 aliphatic rings. The van der Waals surface area contributed by atoms with Crippen LogP contribution in [0.3, 0.4) is 0 Å². The maximum absolute atomic E-state index is 14.0. The second-order valence-corrected chi connectivity index (χ2v) is 11.2. The Labute approximate surface area is 264 Å². The molecule has 47 heavy (non-hydrogen) atoms. The number of carbonyl (C=O) groups is 4. The number of ether oxygens (including phenoxy) is 1. The van der Waals surface area contributed by atoms with Gasteiger partial charge >= 0.3 is 18.4 Å². The number of nitrogens with one attached hydrogen (secondary N) is 2. The molecule has 2 saturated heterocycles. The highest BCUT2D eigenvalue weighted by atomic mass is 19.4. The maximum Gasteiger partial charge on any atom is 0.416 e. The average Bonchev–Trinajstić information content (AvgIpc) is 3.52. The molecule has 1 aromatic heterocycles. The lowest BCUT2D eigenvalue weighted by Gasteiger charge is -2.53. The molecule has 0 spiro atoms. The Kier molecular flexibility index (Phi) is 9.09. The van der Waals surface area contributed by atoms with Gasteiger partial charge in [-0.15, -0.1) is 0 Å². The maximum atomic E-state index is 14.0. The molecule has 2 aromatic carbocycles. The summed E-state index contributed by atoms with van der Waals surface area (Å²) in [6.07, 6.45) is -6.20. The zero-order chi connectivity index (χ0) is 34.1. The van der Waals surface area contributed by atoms with Gasteiger partial charge in [0.25, 0.3) is 5.92 Å². The summed E-state index contributed by atoms with van der Waals surface area (Å²) < 4.78 is 73.9. The number of rotatable bonds is 8. The van der Waals surface area contributed by atoms with Crippen LogP contribution in [-0.4, -0.2) is 85.1 Å². The van der Waals surface area contributed by atoms with Gasteiger partial charge in [-0.05, 0) is 29.3 Å². The van der Waals surface area contributed by atoms with E-state index in [0.29, 0.717) is 24.8 Å². The second kappa shape index (κ2) is 12.9. The molecule has 2 aliphatic heterocycles. The highest BCUT2D eigenvalue weighted by molar-refractivity contribution is 5.94. The van der Waals surface area contributed by atoms with Gasteiger partial charge in [-0.2, -0.15) is 13.2 Å². The number of fused-ring (bicyclic) bond motifs is 1. The number of piperazine rings is 1. The molecule has 17 heteroatoms. The van der Waals surface area contributed by atoms with Crippen molar-refractivity contribution in [1.82, 2.24) is 30.0 Å². The molecule has 2 fully saturated rings. The van der Waals surface area contributed by atoms with Crippen molar-refractivity contribution in [1.29, 1.82) is 0 Å². The highest BCUT2D eigenvalue weighted by Gasteiger charge is 2.52. The molecular weight excluding hydrogens is 635 g/mol. The van der Waals surface area contributed by atoms with E-state index in [2.05, 4.69) is 9.97 Å². The molecule has 0 saturated carbocycles. The lowest BCUT2D eigenvalue weighted by Crippen LogP contribution is -2.76. The Morgan fingerprint density at radius 1 is 1.02 bits per heavy atom. The fourth-order valence-electron chi connectivity index (χ4n) is 5.65. The number of carbonyl (C=O) groups excluding carboxylic acids is 3. The summed E-state index contributed by atoms with van der Waals surface area (Å²) in [5.74, 6) is -4.91. The number of carboxylic acid groups (broad SMARTS) is 1. The van der Waals surface area contributed by atoms with Crippen LogP contribution in [-0.2, 0) is 46.0 Å². The number of hydrogen-bond acceptors (Lipinski definition) is 6. The lowest BCUT2D eigenvalue weighted by atomic mass is 9.98. The van der Waals surface area contributed by atoms with Crippen molar-refractivity contribution in [2.24, 2.45) is 0 Å². The van der Waals surface area contributed by atoms with Crippen molar-refractivity contribution < 1.29 is 51.0 Å². The Morgan fingerprint density at radius 3 is 2.34 bits per heavy atom. The highest BCUT2D eigenvalue weighted by Crippen LogP contribution is 2.36. The van der Waals surface area contributed by atoms with Crippen LogP contribution in [0.2, 0.25) is 0 Å². The predicted molar refractivity (Wildman–Crippen MR) is 151 cm³/mol. The number of H-pyrrole nitrogens is 1. The molecule has 3 aromatic rings. The smallest absolute Gasteiger partial charge is 0.416 e. The first kappa shape index (κ1) is 33.2. The van der Waals surface area contributed by atoms with E-state index in [9.17, 15) is 46.2 Å². The van der Waals surface area contributed by atoms with Crippen molar-refractivity contribution >= 4 is 24.0 Å². The molecule has 5 rings (SSSR count). The summed E-state index contributed by atoms with van der Waals surface area (Å²) >= 11 is 0. The molecule has 4 amide bonds. The number of nitrogens with zero attached hydrogens (tertiary/aromatic N) is 4. The van der Waals surface area contributed by atoms with Gasteiger partial charge in [-0.25, -0.2) is 23.4 Å². The molecule has 12 nitrogen and oxygen atoms in total. The largest absolute Gasteiger partial charge is 0.465 e. The molecule has 3 heterocycles. The third kappa shape index (κ3) is 7.44. The van der Waals surface area contributed by atoms with Crippen LogP contribution in [0.25, 0.3) is 0 Å². The van der Waals surface area contributed by atoms with Gasteiger partial charge in [0.15, 0.2) is 0 Å². The zero-order valence-electron chi connectivity index (χ0n) is 24.7. The van der Waals surface area contributed by atoms with E-state index in [1.54, 1.807) is 30.3 Å². The number of hydrogen-bond donors (Lipinski definition) is 3. The van der Waals surface area contributed by atoms with Gasteiger partial charge in [0.05, 0.1) is 25.0 Å². The van der Waals surface area contributed by atoms with E-state index < -0.39 is 78.6 Å². The van der Waals surface area contributed by atoms with Crippen LogP contribution in [0.4, 0.5) is 31.5 Å². The van der Waals surface area contributed by atoms with Crippen LogP contribution in [0.15, 0.2) is 61.1 Å². The van der Waals surface area contributed by atoms with Crippen molar-refractivity contribution in [3.8, 4) is 0 Å². The monoisotopic (exact) mass is 664 g/mol. The predicted octanol–water partition coefficient (Wildman–Crippen LogP) is 3.94. The summed E-state index contributed by atoms with van der Waals surface area (Å²) in [7, 11) is 0. The number of halogens is 5. The molecule has 250 valence electrons. The van der Waals surface area contributed by atoms with Crippen LogP contribution in [0, 0.1) is 0 Å². The van der Waals surface area contributed by atoms with Crippen molar-refractivity contribution in [2.45, 2.75) is 56.8 Å². The van der Waals surface area contributed by atoms with E-state index in [1.165, 1.54) is 17.4 Å². The summed E-state index contributed by atoms with van der Waals surface area (Å²) in [6.45, 7) is -1.10. The van der Waals surface area contributed by atoms with Gasteiger partial charge in [-0.3, -0.25) is 14.5 Å². The van der Waals surface area contributed by atoms with Gasteiger partial charge in [0.1, 0.15) is 24.9 Å². The molecule has 0 aliphatic carbocycles. The lowest BCUT2D eigenvalue weighted by molar-refractivity contribution is -0.170. The van der Waals surface area contributed by atoms with E-state index in [1.807, 2.05) is 5.32 Å². The van der Waals surface area contributed by atoms with Crippen LogP contribution < -0.4 is 5.32 Å². The van der Waals surface area contributed by atoms with Gasteiger partial charge < -0.3 is 29.9 Å². The number of alkyl halides is 5. The Balaban J connectivity index is 1.48.